The van der Waals surface area contributed by atoms with Gasteiger partial charge in [-0.25, -0.2) is 8.42 Å². The molecular weight excluding hydrogens is 316 g/mol. The maximum absolute atomic E-state index is 11.9. The zero-order valence-corrected chi connectivity index (χ0v) is 14.9. The van der Waals surface area contributed by atoms with E-state index in [9.17, 15) is 13.2 Å². The molecule has 1 aromatic rings. The Kier molecular flexibility index (Phi) is 8.05. The average Bonchev–Trinajstić information content (AvgIpc) is 2.51. The molecule has 0 aliphatic rings. The molecule has 0 aliphatic carbocycles. The highest BCUT2D eigenvalue weighted by Gasteiger charge is 2.18. The van der Waals surface area contributed by atoms with Gasteiger partial charge in [-0.2, -0.15) is 4.31 Å². The van der Waals surface area contributed by atoms with E-state index in [2.05, 4.69) is 5.32 Å². The lowest BCUT2D eigenvalue weighted by atomic mass is 10.2. The Hall–Kier alpha value is -1.60. The van der Waals surface area contributed by atoms with Crippen LogP contribution < -0.4 is 10.1 Å². The number of carbonyl (C=O) groups excluding carboxylic acids is 1. The Morgan fingerprint density at radius 3 is 2.43 bits per heavy atom. The molecule has 0 spiro atoms. The molecule has 0 aromatic heterocycles. The van der Waals surface area contributed by atoms with Crippen LogP contribution in [0.2, 0.25) is 0 Å². The fourth-order valence-corrected chi connectivity index (χ4v) is 2.82. The van der Waals surface area contributed by atoms with Crippen molar-refractivity contribution in [1.29, 1.82) is 0 Å². The number of sulfonamides is 1. The number of hydrogen-bond donors (Lipinski definition) is 1. The zero-order chi connectivity index (χ0) is 17.3. The Bertz CT molecular complexity index is 585. The van der Waals surface area contributed by atoms with Crippen molar-refractivity contribution in [3.63, 3.8) is 0 Å². The van der Waals surface area contributed by atoms with E-state index in [-0.39, 0.29) is 25.4 Å². The normalized spacial score (nSPS) is 11.5. The number of nitrogens with zero attached hydrogens (tertiary/aromatic N) is 1. The third-order valence-electron chi connectivity index (χ3n) is 3.43. The lowest BCUT2D eigenvalue weighted by Gasteiger charge is -2.20. The molecule has 1 amide bonds. The largest absolute Gasteiger partial charge is 0.497 e. The molecule has 0 unspecified atom stereocenters. The molecule has 6 nitrogen and oxygen atoms in total. The highest BCUT2D eigenvalue weighted by molar-refractivity contribution is 7.88. The molecule has 130 valence electrons. The number of carbonyl (C=O) groups is 1. The van der Waals surface area contributed by atoms with Crippen LogP contribution in [0.1, 0.15) is 31.7 Å². The average molecular weight is 342 g/mol. The molecule has 0 saturated heterocycles. The minimum absolute atomic E-state index is 0.123. The van der Waals surface area contributed by atoms with Gasteiger partial charge in [-0.15, -0.1) is 0 Å². The van der Waals surface area contributed by atoms with E-state index in [1.165, 1.54) is 4.31 Å². The Morgan fingerprint density at radius 1 is 1.26 bits per heavy atom. The summed E-state index contributed by atoms with van der Waals surface area (Å²) in [4.78, 5) is 11.7. The minimum Gasteiger partial charge on any atom is -0.497 e. The number of methoxy groups -OCH3 is 1. The van der Waals surface area contributed by atoms with E-state index in [4.69, 9.17) is 4.74 Å². The molecule has 0 heterocycles. The predicted molar refractivity (Wildman–Crippen MR) is 90.8 cm³/mol. The van der Waals surface area contributed by atoms with Crippen LogP contribution >= 0.6 is 0 Å². The van der Waals surface area contributed by atoms with Crippen LogP contribution in [0, 0.1) is 0 Å². The maximum Gasteiger partial charge on any atom is 0.221 e. The van der Waals surface area contributed by atoms with Crippen molar-refractivity contribution in [1.82, 2.24) is 9.62 Å². The van der Waals surface area contributed by atoms with Gasteiger partial charge in [0.05, 0.1) is 13.4 Å². The molecule has 0 fully saturated rings. The van der Waals surface area contributed by atoms with Crippen molar-refractivity contribution < 1.29 is 17.9 Å². The number of unbranched alkanes of at least 4 members (excludes halogenated alkanes) is 1. The Balaban J connectivity index is 2.61. The molecule has 0 radical (unpaired) electrons. The van der Waals surface area contributed by atoms with Crippen LogP contribution in [-0.4, -0.2) is 45.1 Å². The maximum atomic E-state index is 11.9. The summed E-state index contributed by atoms with van der Waals surface area (Å²) in [7, 11) is -1.80. The van der Waals surface area contributed by atoms with Gasteiger partial charge >= 0.3 is 0 Å². The topological polar surface area (TPSA) is 75.7 Å². The molecule has 0 atom stereocenters. The van der Waals surface area contributed by atoms with Crippen LogP contribution in [0.15, 0.2) is 24.3 Å². The summed E-state index contributed by atoms with van der Waals surface area (Å²) in [5, 5.41) is 2.79. The summed E-state index contributed by atoms with van der Waals surface area (Å²) in [6, 6.07) is 7.21. The molecule has 23 heavy (non-hydrogen) atoms. The highest BCUT2D eigenvalue weighted by atomic mass is 32.2. The first-order valence-corrected chi connectivity index (χ1v) is 9.56. The third kappa shape index (κ3) is 7.47. The first-order valence-electron chi connectivity index (χ1n) is 7.71. The van der Waals surface area contributed by atoms with Gasteiger partial charge in [0.25, 0.3) is 0 Å². The second-order valence-corrected chi connectivity index (χ2v) is 7.38. The van der Waals surface area contributed by atoms with Gasteiger partial charge in [0.2, 0.25) is 15.9 Å². The molecule has 7 heteroatoms. The van der Waals surface area contributed by atoms with E-state index >= 15 is 0 Å². The van der Waals surface area contributed by atoms with Crippen LogP contribution in [-0.2, 0) is 21.4 Å². The second kappa shape index (κ2) is 9.52. The van der Waals surface area contributed by atoms with Gasteiger partial charge in [0, 0.05) is 26.1 Å². The van der Waals surface area contributed by atoms with E-state index < -0.39 is 10.0 Å². The van der Waals surface area contributed by atoms with E-state index in [0.717, 1.165) is 30.4 Å². The van der Waals surface area contributed by atoms with Crippen LogP contribution in [0.5, 0.6) is 5.75 Å². The molecule has 0 aliphatic heterocycles. The van der Waals surface area contributed by atoms with Gasteiger partial charge < -0.3 is 10.1 Å². The lowest BCUT2D eigenvalue weighted by molar-refractivity contribution is -0.121. The fraction of sp³-hybridized carbons (Fsp3) is 0.562. The lowest BCUT2D eigenvalue weighted by Crippen LogP contribution is -2.34. The van der Waals surface area contributed by atoms with Crippen molar-refractivity contribution in [2.75, 3.05) is 26.5 Å². The summed E-state index contributed by atoms with van der Waals surface area (Å²) >= 11 is 0. The highest BCUT2D eigenvalue weighted by Crippen LogP contribution is 2.14. The van der Waals surface area contributed by atoms with Crippen LogP contribution in [0.4, 0.5) is 0 Å². The standard InChI is InChI=1S/C16H26N2O4S/c1-4-5-11-17-16(19)10-12-18(23(3,20)21)13-14-6-8-15(22-2)9-7-14/h6-9H,4-5,10-13H2,1-3H3,(H,17,19). The molecule has 0 saturated carbocycles. The molecular formula is C16H26N2O4S. The summed E-state index contributed by atoms with van der Waals surface area (Å²) in [6.45, 7) is 3.09. The number of amides is 1. The summed E-state index contributed by atoms with van der Waals surface area (Å²) in [5.74, 6) is 0.594. The van der Waals surface area contributed by atoms with Gasteiger partial charge in [-0.3, -0.25) is 4.79 Å². The van der Waals surface area contributed by atoms with Crippen LogP contribution in [0.3, 0.4) is 0 Å². The smallest absolute Gasteiger partial charge is 0.221 e. The van der Waals surface area contributed by atoms with Crippen molar-refractivity contribution in [2.24, 2.45) is 0 Å². The van der Waals surface area contributed by atoms with Crippen molar-refractivity contribution in [3.05, 3.63) is 29.8 Å². The van der Waals surface area contributed by atoms with Gasteiger partial charge in [-0.1, -0.05) is 25.5 Å². The van der Waals surface area contributed by atoms with Gasteiger partial charge in [-0.05, 0) is 24.1 Å². The Morgan fingerprint density at radius 2 is 1.91 bits per heavy atom. The SMILES string of the molecule is CCCCNC(=O)CCN(Cc1ccc(OC)cc1)S(C)(=O)=O. The quantitative estimate of drug-likeness (QED) is 0.658. The van der Waals surface area contributed by atoms with Gasteiger partial charge in [0.1, 0.15) is 5.75 Å². The summed E-state index contributed by atoms with van der Waals surface area (Å²) in [6.07, 6.45) is 3.25. The minimum atomic E-state index is -3.38. The fourth-order valence-electron chi connectivity index (χ4n) is 2.02. The third-order valence-corrected chi connectivity index (χ3v) is 4.68. The molecule has 0 bridgehead atoms. The molecule has 1 N–H and O–H groups in total. The predicted octanol–water partition coefficient (Wildman–Crippen LogP) is 1.76. The summed E-state index contributed by atoms with van der Waals surface area (Å²) in [5.41, 5.74) is 0.850. The Labute approximate surface area is 138 Å². The first-order chi connectivity index (χ1) is 10.9. The first kappa shape index (κ1) is 19.4. The van der Waals surface area contributed by atoms with Crippen LogP contribution in [0.25, 0.3) is 0 Å². The monoisotopic (exact) mass is 342 g/mol. The van der Waals surface area contributed by atoms with E-state index in [0.29, 0.717) is 6.54 Å². The number of hydrogen-bond acceptors (Lipinski definition) is 4. The van der Waals surface area contributed by atoms with E-state index in [1.807, 2.05) is 19.1 Å². The van der Waals surface area contributed by atoms with Gasteiger partial charge in [0.15, 0.2) is 0 Å². The van der Waals surface area contributed by atoms with E-state index in [1.54, 1.807) is 19.2 Å². The number of rotatable bonds is 10. The summed E-state index contributed by atoms with van der Waals surface area (Å²) < 4.78 is 30.2. The zero-order valence-electron chi connectivity index (χ0n) is 14.0. The second-order valence-electron chi connectivity index (χ2n) is 5.40. The number of nitrogens with one attached hydrogen (secondary N) is 1. The number of benzene rings is 1. The van der Waals surface area contributed by atoms with Crippen molar-refractivity contribution >= 4 is 15.9 Å². The molecule has 1 rings (SSSR count). The molecule has 1 aromatic carbocycles. The number of ether oxygens (including phenoxy) is 1. The van der Waals surface area contributed by atoms with Crippen molar-refractivity contribution in [2.45, 2.75) is 32.7 Å². The van der Waals surface area contributed by atoms with Crippen molar-refractivity contribution in [3.8, 4) is 5.75 Å².